The van der Waals surface area contributed by atoms with Crippen LogP contribution in [-0.2, 0) is 9.53 Å². The van der Waals surface area contributed by atoms with Crippen molar-refractivity contribution in [3.8, 4) is 0 Å². The number of benzene rings is 2. The predicted octanol–water partition coefficient (Wildman–Crippen LogP) is 1.63. The standard InChI is InChI=1S/C21H22O6/c1-12-7-3-5-9-14(12)17(23)18(24)20-21(26,11-16(22)27-20)19(25)15-10-6-4-8-13(15)2/h3-10,16-17,20,22-23,26H,11H2,1-2H3/t16?,17?,20-,21-/m1/s1. The van der Waals surface area contributed by atoms with Crippen molar-refractivity contribution in [3.05, 3.63) is 70.8 Å². The highest BCUT2D eigenvalue weighted by molar-refractivity contribution is 6.08. The quantitative estimate of drug-likeness (QED) is 0.691. The summed E-state index contributed by atoms with van der Waals surface area (Å²) in [5, 5.41) is 31.4. The molecule has 0 aromatic heterocycles. The van der Waals surface area contributed by atoms with Crippen molar-refractivity contribution >= 4 is 11.6 Å². The molecule has 2 aromatic rings. The van der Waals surface area contributed by atoms with E-state index in [0.717, 1.165) is 0 Å². The van der Waals surface area contributed by atoms with Crippen molar-refractivity contribution in [2.75, 3.05) is 0 Å². The van der Waals surface area contributed by atoms with E-state index >= 15 is 0 Å². The van der Waals surface area contributed by atoms with E-state index in [1.165, 1.54) is 0 Å². The molecule has 142 valence electrons. The van der Waals surface area contributed by atoms with Gasteiger partial charge in [-0.1, -0.05) is 48.5 Å². The highest BCUT2D eigenvalue weighted by Crippen LogP contribution is 2.36. The van der Waals surface area contributed by atoms with Gasteiger partial charge in [-0.25, -0.2) is 0 Å². The molecule has 0 aliphatic carbocycles. The Balaban J connectivity index is 1.96. The molecular weight excluding hydrogens is 348 g/mol. The summed E-state index contributed by atoms with van der Waals surface area (Å²) < 4.78 is 5.18. The second-order valence-electron chi connectivity index (χ2n) is 6.90. The zero-order valence-corrected chi connectivity index (χ0v) is 15.1. The molecule has 4 atom stereocenters. The molecule has 0 amide bonds. The summed E-state index contributed by atoms with van der Waals surface area (Å²) >= 11 is 0. The van der Waals surface area contributed by atoms with E-state index in [-0.39, 0.29) is 5.56 Å². The lowest BCUT2D eigenvalue weighted by Gasteiger charge is -2.28. The third kappa shape index (κ3) is 3.44. The first-order valence-corrected chi connectivity index (χ1v) is 8.69. The van der Waals surface area contributed by atoms with Crippen LogP contribution in [0, 0.1) is 13.8 Å². The molecule has 6 nitrogen and oxygen atoms in total. The van der Waals surface area contributed by atoms with Gasteiger partial charge >= 0.3 is 0 Å². The van der Waals surface area contributed by atoms with Crippen LogP contribution in [0.3, 0.4) is 0 Å². The van der Waals surface area contributed by atoms with Crippen molar-refractivity contribution in [1.29, 1.82) is 0 Å². The van der Waals surface area contributed by atoms with Crippen LogP contribution in [0.1, 0.15) is 39.6 Å². The molecule has 2 aromatic carbocycles. The lowest BCUT2D eigenvalue weighted by atomic mass is 9.81. The first-order valence-electron chi connectivity index (χ1n) is 8.69. The molecule has 2 unspecified atom stereocenters. The molecule has 3 N–H and O–H groups in total. The number of hydrogen-bond acceptors (Lipinski definition) is 6. The van der Waals surface area contributed by atoms with Gasteiger partial charge in [-0.2, -0.15) is 0 Å². The van der Waals surface area contributed by atoms with Gasteiger partial charge in [-0.15, -0.1) is 0 Å². The molecule has 1 aliphatic rings. The largest absolute Gasteiger partial charge is 0.380 e. The van der Waals surface area contributed by atoms with Crippen LogP contribution in [-0.4, -0.2) is 44.9 Å². The number of Topliss-reactive ketones (excluding diaryl/α,β-unsaturated/α-hetero) is 2. The molecule has 6 heteroatoms. The molecule has 3 rings (SSSR count). The summed E-state index contributed by atoms with van der Waals surface area (Å²) in [4.78, 5) is 25.9. The fourth-order valence-electron chi connectivity index (χ4n) is 3.46. The highest BCUT2D eigenvalue weighted by Gasteiger charge is 2.57. The summed E-state index contributed by atoms with van der Waals surface area (Å²) in [6.45, 7) is 3.45. The lowest BCUT2D eigenvalue weighted by Crippen LogP contribution is -2.51. The van der Waals surface area contributed by atoms with Crippen LogP contribution >= 0.6 is 0 Å². The van der Waals surface area contributed by atoms with Crippen LogP contribution < -0.4 is 0 Å². The highest BCUT2D eigenvalue weighted by atomic mass is 16.6. The molecule has 1 saturated heterocycles. The zero-order valence-electron chi connectivity index (χ0n) is 15.1. The fraction of sp³-hybridized carbons (Fsp3) is 0.333. The van der Waals surface area contributed by atoms with E-state index in [1.807, 2.05) is 0 Å². The van der Waals surface area contributed by atoms with Crippen molar-refractivity contribution in [2.45, 2.75) is 44.4 Å². The van der Waals surface area contributed by atoms with Crippen LogP contribution in [0.4, 0.5) is 0 Å². The SMILES string of the molecule is Cc1ccccc1C(=O)[C@]1(O)CC(O)O[C@@H]1C(=O)C(O)c1ccccc1C. The average molecular weight is 370 g/mol. The van der Waals surface area contributed by atoms with Gasteiger partial charge in [0.15, 0.2) is 29.6 Å². The second kappa shape index (κ2) is 7.32. The van der Waals surface area contributed by atoms with Crippen molar-refractivity contribution in [2.24, 2.45) is 0 Å². The minimum absolute atomic E-state index is 0.237. The van der Waals surface area contributed by atoms with Gasteiger partial charge in [-0.05, 0) is 30.5 Å². The van der Waals surface area contributed by atoms with E-state index in [9.17, 15) is 24.9 Å². The number of ether oxygens (including phenoxy) is 1. The number of carbonyl (C=O) groups is 2. The monoisotopic (exact) mass is 370 g/mol. The summed E-state index contributed by atoms with van der Waals surface area (Å²) in [5.41, 5.74) is -0.348. The Kier molecular flexibility index (Phi) is 5.26. The number of aliphatic hydroxyl groups excluding tert-OH is 2. The number of carbonyl (C=O) groups excluding carboxylic acids is 2. The van der Waals surface area contributed by atoms with Gasteiger partial charge in [0.05, 0.1) is 0 Å². The Morgan fingerprint density at radius 3 is 2.30 bits per heavy atom. The lowest BCUT2D eigenvalue weighted by molar-refractivity contribution is -0.155. The molecule has 0 spiro atoms. The topological polar surface area (TPSA) is 104 Å². The predicted molar refractivity (Wildman–Crippen MR) is 97.1 cm³/mol. The minimum atomic E-state index is -2.26. The maximum atomic E-state index is 13.0. The summed E-state index contributed by atoms with van der Waals surface area (Å²) in [7, 11) is 0. The van der Waals surface area contributed by atoms with Crippen LogP contribution in [0.25, 0.3) is 0 Å². The number of hydrogen-bond donors (Lipinski definition) is 3. The zero-order chi connectivity index (χ0) is 19.8. The second-order valence-corrected chi connectivity index (χ2v) is 6.90. The number of aryl methyl sites for hydroxylation is 2. The van der Waals surface area contributed by atoms with Crippen molar-refractivity contribution < 1.29 is 29.6 Å². The summed E-state index contributed by atoms with van der Waals surface area (Å²) in [6.07, 6.45) is -5.19. The summed E-state index contributed by atoms with van der Waals surface area (Å²) in [5.74, 6) is -1.59. The van der Waals surface area contributed by atoms with E-state index in [2.05, 4.69) is 0 Å². The molecule has 0 bridgehead atoms. The Morgan fingerprint density at radius 2 is 1.67 bits per heavy atom. The van der Waals surface area contributed by atoms with Crippen LogP contribution in [0.5, 0.6) is 0 Å². The van der Waals surface area contributed by atoms with Crippen molar-refractivity contribution in [3.63, 3.8) is 0 Å². The molecule has 1 aliphatic heterocycles. The fourth-order valence-corrected chi connectivity index (χ4v) is 3.46. The Bertz CT molecular complexity index is 876. The maximum Gasteiger partial charge on any atom is 0.198 e. The van der Waals surface area contributed by atoms with Gasteiger partial charge in [0.2, 0.25) is 0 Å². The Hall–Kier alpha value is -2.38. The van der Waals surface area contributed by atoms with Gasteiger partial charge in [0.1, 0.15) is 6.10 Å². The van der Waals surface area contributed by atoms with E-state index in [0.29, 0.717) is 16.7 Å². The third-order valence-corrected chi connectivity index (χ3v) is 5.01. The van der Waals surface area contributed by atoms with Crippen molar-refractivity contribution in [1.82, 2.24) is 0 Å². The van der Waals surface area contributed by atoms with E-state index in [4.69, 9.17) is 4.74 Å². The molecule has 0 radical (unpaired) electrons. The smallest absolute Gasteiger partial charge is 0.198 e. The van der Waals surface area contributed by atoms with Crippen LogP contribution in [0.2, 0.25) is 0 Å². The Morgan fingerprint density at radius 1 is 1.07 bits per heavy atom. The number of ketones is 2. The van der Waals surface area contributed by atoms with Gasteiger partial charge in [-0.3, -0.25) is 9.59 Å². The first-order chi connectivity index (χ1) is 12.8. The molecule has 1 fully saturated rings. The molecular formula is C21H22O6. The third-order valence-electron chi connectivity index (χ3n) is 5.01. The maximum absolute atomic E-state index is 13.0. The Labute approximate surface area is 157 Å². The first kappa shape index (κ1) is 19.4. The normalized spacial score (nSPS) is 26.0. The van der Waals surface area contributed by atoms with Crippen LogP contribution in [0.15, 0.2) is 48.5 Å². The number of rotatable bonds is 5. The van der Waals surface area contributed by atoms with E-state index in [1.54, 1.807) is 62.4 Å². The molecule has 27 heavy (non-hydrogen) atoms. The van der Waals surface area contributed by atoms with Gasteiger partial charge in [0, 0.05) is 12.0 Å². The minimum Gasteiger partial charge on any atom is -0.380 e. The summed E-state index contributed by atoms with van der Waals surface area (Å²) in [6, 6.07) is 13.4. The number of aliphatic hydroxyl groups is 3. The average Bonchev–Trinajstić information content (AvgIpc) is 2.96. The van der Waals surface area contributed by atoms with Gasteiger partial charge in [0.25, 0.3) is 0 Å². The molecule has 0 saturated carbocycles. The van der Waals surface area contributed by atoms with E-state index < -0.39 is 42.1 Å². The molecule has 1 heterocycles. The van der Waals surface area contributed by atoms with Gasteiger partial charge < -0.3 is 20.1 Å².